The number of aromatic nitrogens is 2. The molecule has 2 aromatic rings. The Bertz CT molecular complexity index is 571. The van der Waals surface area contributed by atoms with E-state index in [-0.39, 0.29) is 10.9 Å². The second kappa shape index (κ2) is 3.20. The first-order valence-electron chi connectivity index (χ1n) is 3.57. The Balaban J connectivity index is 2.88. The van der Waals surface area contributed by atoms with Gasteiger partial charge in [-0.3, -0.25) is 4.40 Å². The van der Waals surface area contributed by atoms with E-state index in [9.17, 15) is 8.42 Å². The number of fused-ring (bicyclic) bond motifs is 1. The highest BCUT2D eigenvalue weighted by atomic mass is 35.5. The van der Waals surface area contributed by atoms with Crippen LogP contribution in [0.2, 0.25) is 0 Å². The van der Waals surface area contributed by atoms with Crippen molar-refractivity contribution >= 4 is 37.9 Å². The zero-order valence-electron chi connectivity index (χ0n) is 6.84. The Morgan fingerprint density at radius 3 is 2.93 bits per heavy atom. The first-order chi connectivity index (χ1) is 6.54. The minimum atomic E-state index is -3.78. The molecule has 0 unspecified atom stereocenters. The molecule has 0 bridgehead atoms. The number of rotatable bonds is 2. The van der Waals surface area contributed by atoms with Crippen molar-refractivity contribution in [2.45, 2.75) is 10.9 Å². The zero-order chi connectivity index (χ0) is 10.3. The van der Waals surface area contributed by atoms with Gasteiger partial charge in [0.15, 0.2) is 9.99 Å². The Labute approximate surface area is 89.2 Å². The maximum Gasteiger partial charge on any atom is 0.256 e. The van der Waals surface area contributed by atoms with E-state index in [1.807, 2.05) is 0 Å². The Hall–Kier alpha value is -0.630. The van der Waals surface area contributed by atoms with Crippen molar-refractivity contribution in [2.24, 2.45) is 5.14 Å². The smallest absolute Gasteiger partial charge is 0.256 e. The molecule has 5 nitrogen and oxygen atoms in total. The number of hydrogen-bond donors (Lipinski definition) is 1. The second-order valence-electron chi connectivity index (χ2n) is 2.60. The summed E-state index contributed by atoms with van der Waals surface area (Å²) in [4.78, 5) is 4.62. The maximum absolute atomic E-state index is 11.2. The van der Waals surface area contributed by atoms with E-state index in [2.05, 4.69) is 4.98 Å². The summed E-state index contributed by atoms with van der Waals surface area (Å²) in [5, 5.41) is 6.77. The van der Waals surface area contributed by atoms with Gasteiger partial charge in [-0.2, -0.15) is 0 Å². The van der Waals surface area contributed by atoms with Gasteiger partial charge in [0.2, 0.25) is 0 Å². The third-order valence-electron chi connectivity index (χ3n) is 1.68. The minimum absolute atomic E-state index is 0.0243. The Morgan fingerprint density at radius 1 is 1.64 bits per heavy atom. The molecule has 0 atom stereocenters. The highest BCUT2D eigenvalue weighted by Gasteiger charge is 2.21. The lowest BCUT2D eigenvalue weighted by molar-refractivity contribution is 0.592. The van der Waals surface area contributed by atoms with Crippen molar-refractivity contribution in [3.8, 4) is 0 Å². The van der Waals surface area contributed by atoms with Gasteiger partial charge in [-0.25, -0.2) is 18.5 Å². The van der Waals surface area contributed by atoms with Crippen molar-refractivity contribution in [1.29, 1.82) is 0 Å². The van der Waals surface area contributed by atoms with Gasteiger partial charge in [0.25, 0.3) is 10.0 Å². The van der Waals surface area contributed by atoms with Gasteiger partial charge in [-0.05, 0) is 0 Å². The number of halogens is 1. The van der Waals surface area contributed by atoms with Gasteiger partial charge in [0, 0.05) is 11.6 Å². The normalized spacial score (nSPS) is 12.4. The summed E-state index contributed by atoms with van der Waals surface area (Å²) in [6, 6.07) is 0. The zero-order valence-corrected chi connectivity index (χ0v) is 9.23. The van der Waals surface area contributed by atoms with Crippen LogP contribution in [0.1, 0.15) is 5.69 Å². The van der Waals surface area contributed by atoms with Crippen LogP contribution in [0.15, 0.2) is 16.6 Å². The minimum Gasteiger partial charge on any atom is -0.280 e. The summed E-state index contributed by atoms with van der Waals surface area (Å²) in [6.45, 7) is 0. The number of alkyl halides is 1. The standard InChI is InChI=1S/C6H6ClN3O2S2/c7-3-4-5(14(8,11)12)10-1-2-13-6(10)9-4/h1-2H,3H2,(H2,8,11,12). The monoisotopic (exact) mass is 251 g/mol. The Morgan fingerprint density at radius 2 is 2.36 bits per heavy atom. The van der Waals surface area contributed by atoms with Crippen LogP contribution in [0.3, 0.4) is 0 Å². The molecular weight excluding hydrogens is 246 g/mol. The van der Waals surface area contributed by atoms with Crippen molar-refractivity contribution in [3.05, 3.63) is 17.3 Å². The van der Waals surface area contributed by atoms with Crippen LogP contribution in [0.25, 0.3) is 4.96 Å². The topological polar surface area (TPSA) is 77.5 Å². The lowest BCUT2D eigenvalue weighted by atomic mass is 10.5. The molecule has 8 heteroatoms. The van der Waals surface area contributed by atoms with E-state index in [1.165, 1.54) is 15.7 Å². The number of primary sulfonamides is 1. The predicted molar refractivity (Wildman–Crippen MR) is 54.0 cm³/mol. The molecule has 0 saturated carbocycles. The molecule has 0 amide bonds. The predicted octanol–water partition coefficient (Wildman–Crippen LogP) is 0.782. The van der Waals surface area contributed by atoms with E-state index >= 15 is 0 Å². The fraction of sp³-hybridized carbons (Fsp3) is 0.167. The molecule has 2 heterocycles. The maximum atomic E-state index is 11.2. The molecule has 2 rings (SSSR count). The summed E-state index contributed by atoms with van der Waals surface area (Å²) < 4.78 is 23.9. The van der Waals surface area contributed by atoms with Crippen molar-refractivity contribution in [1.82, 2.24) is 9.38 Å². The molecule has 0 aliphatic heterocycles. The van der Waals surface area contributed by atoms with Crippen LogP contribution >= 0.6 is 22.9 Å². The number of nitrogens with two attached hydrogens (primary N) is 1. The average Bonchev–Trinajstić information content (AvgIpc) is 2.57. The van der Waals surface area contributed by atoms with Crippen LogP contribution in [0, 0.1) is 0 Å². The number of hydrogen-bond acceptors (Lipinski definition) is 4. The van der Waals surface area contributed by atoms with E-state index in [1.54, 1.807) is 11.6 Å². The molecule has 0 saturated heterocycles. The summed E-state index contributed by atoms with van der Waals surface area (Å²) in [6.07, 6.45) is 1.60. The molecule has 2 aromatic heterocycles. The number of nitrogens with zero attached hydrogens (tertiary/aromatic N) is 2. The number of sulfonamides is 1. The molecule has 14 heavy (non-hydrogen) atoms. The summed E-state index contributed by atoms with van der Waals surface area (Å²) in [5.74, 6) is 0.0279. The molecule has 0 fully saturated rings. The van der Waals surface area contributed by atoms with Crippen molar-refractivity contribution in [2.75, 3.05) is 0 Å². The quantitative estimate of drug-likeness (QED) is 0.802. The van der Waals surface area contributed by atoms with Gasteiger partial charge in [-0.1, -0.05) is 0 Å². The van der Waals surface area contributed by atoms with Crippen LogP contribution in [-0.2, 0) is 15.9 Å². The molecule has 0 radical (unpaired) electrons. The lowest BCUT2D eigenvalue weighted by Gasteiger charge is -1.97. The first-order valence-corrected chi connectivity index (χ1v) is 6.53. The van der Waals surface area contributed by atoms with Gasteiger partial charge in [0.1, 0.15) is 0 Å². The molecule has 0 aliphatic rings. The molecule has 0 aliphatic carbocycles. The van der Waals surface area contributed by atoms with E-state index in [0.29, 0.717) is 10.7 Å². The van der Waals surface area contributed by atoms with Crippen molar-refractivity contribution in [3.63, 3.8) is 0 Å². The van der Waals surface area contributed by atoms with E-state index < -0.39 is 10.0 Å². The van der Waals surface area contributed by atoms with Crippen molar-refractivity contribution < 1.29 is 8.42 Å². The summed E-state index contributed by atoms with van der Waals surface area (Å²) >= 11 is 6.90. The largest absolute Gasteiger partial charge is 0.280 e. The molecule has 0 aromatic carbocycles. The molecular formula is C6H6ClN3O2S2. The SMILES string of the molecule is NS(=O)(=O)c1c(CCl)nc2sccn12. The van der Waals surface area contributed by atoms with Gasteiger partial charge in [0.05, 0.1) is 11.6 Å². The Kier molecular flexibility index (Phi) is 2.26. The highest BCUT2D eigenvalue weighted by molar-refractivity contribution is 7.89. The molecule has 76 valence electrons. The van der Waals surface area contributed by atoms with Gasteiger partial charge >= 0.3 is 0 Å². The fourth-order valence-corrected chi connectivity index (χ4v) is 3.12. The summed E-state index contributed by atoms with van der Waals surface area (Å²) in [7, 11) is -3.78. The first kappa shape index (κ1) is 9.91. The van der Waals surface area contributed by atoms with Crippen LogP contribution < -0.4 is 5.14 Å². The third kappa shape index (κ3) is 1.42. The van der Waals surface area contributed by atoms with E-state index in [4.69, 9.17) is 16.7 Å². The van der Waals surface area contributed by atoms with E-state index in [0.717, 1.165) is 0 Å². The fourth-order valence-electron chi connectivity index (χ4n) is 1.20. The van der Waals surface area contributed by atoms with Crippen LogP contribution in [0.5, 0.6) is 0 Å². The number of imidazole rings is 1. The van der Waals surface area contributed by atoms with Crippen LogP contribution in [0.4, 0.5) is 0 Å². The van der Waals surface area contributed by atoms with Gasteiger partial charge in [-0.15, -0.1) is 22.9 Å². The van der Waals surface area contributed by atoms with Gasteiger partial charge < -0.3 is 0 Å². The van der Waals surface area contributed by atoms with Crippen LogP contribution in [-0.4, -0.2) is 17.8 Å². The highest BCUT2D eigenvalue weighted by Crippen LogP contribution is 2.21. The number of thiazole rings is 1. The lowest BCUT2D eigenvalue weighted by Crippen LogP contribution is -2.15. The second-order valence-corrected chi connectivity index (χ2v) is 5.21. The summed E-state index contributed by atoms with van der Waals surface area (Å²) in [5.41, 5.74) is 0.293. The molecule has 2 N–H and O–H groups in total. The molecule has 0 spiro atoms. The average molecular weight is 252 g/mol. The third-order valence-corrected chi connectivity index (χ3v) is 3.66.